The van der Waals surface area contributed by atoms with E-state index in [0.717, 1.165) is 6.08 Å². The van der Waals surface area contributed by atoms with Gasteiger partial charge in [-0.15, -0.1) is 0 Å². The van der Waals surface area contributed by atoms with E-state index in [1.165, 1.54) is 6.08 Å². The van der Waals surface area contributed by atoms with Crippen molar-refractivity contribution in [2.24, 2.45) is 5.84 Å². The summed E-state index contributed by atoms with van der Waals surface area (Å²) < 4.78 is 0. The van der Waals surface area contributed by atoms with Crippen LogP contribution in [0.4, 0.5) is 0 Å². The molecule has 1 amide bonds. The van der Waals surface area contributed by atoms with Crippen LogP contribution in [0.2, 0.25) is 0 Å². The quantitative estimate of drug-likeness (QED) is 0.288. The number of nitrogens with one attached hydrogen (secondary N) is 1. The summed E-state index contributed by atoms with van der Waals surface area (Å²) in [4.78, 5) is 21.4. The van der Waals surface area contributed by atoms with Gasteiger partial charge < -0.3 is 5.11 Å². The van der Waals surface area contributed by atoms with Gasteiger partial charge in [0.2, 0.25) is 0 Å². The second kappa shape index (κ2) is 4.92. The molecule has 1 rings (SSSR count). The van der Waals surface area contributed by atoms with Crippen molar-refractivity contribution in [1.29, 1.82) is 0 Å². The summed E-state index contributed by atoms with van der Waals surface area (Å²) in [5.41, 5.74) is 3.00. The Morgan fingerprint density at radius 3 is 2.73 bits per heavy atom. The van der Waals surface area contributed by atoms with E-state index in [4.69, 9.17) is 10.9 Å². The fourth-order valence-corrected chi connectivity index (χ4v) is 1.03. The van der Waals surface area contributed by atoms with Gasteiger partial charge >= 0.3 is 5.97 Å². The van der Waals surface area contributed by atoms with Gasteiger partial charge in [-0.1, -0.05) is 12.1 Å². The number of nitrogens with two attached hydrogens (primary N) is 1. The summed E-state index contributed by atoms with van der Waals surface area (Å²) >= 11 is 0. The molecule has 0 spiro atoms. The first-order chi connectivity index (χ1) is 7.13. The van der Waals surface area contributed by atoms with E-state index in [1.807, 2.05) is 5.43 Å². The van der Waals surface area contributed by atoms with Gasteiger partial charge in [-0.2, -0.15) is 0 Å². The van der Waals surface area contributed by atoms with Crippen LogP contribution in [0.15, 0.2) is 30.3 Å². The molecule has 0 saturated heterocycles. The minimum atomic E-state index is -1.04. The van der Waals surface area contributed by atoms with Gasteiger partial charge in [0.05, 0.1) is 0 Å². The van der Waals surface area contributed by atoms with Crippen molar-refractivity contribution in [2.45, 2.75) is 0 Å². The Morgan fingerprint density at radius 2 is 2.13 bits per heavy atom. The highest BCUT2D eigenvalue weighted by molar-refractivity contribution is 5.94. The first kappa shape index (κ1) is 10.9. The molecule has 1 aromatic carbocycles. The highest BCUT2D eigenvalue weighted by atomic mass is 16.4. The maximum Gasteiger partial charge on any atom is 0.328 e. The van der Waals surface area contributed by atoms with E-state index in [-0.39, 0.29) is 0 Å². The molecular formula is C10H10N2O3. The van der Waals surface area contributed by atoms with Gasteiger partial charge in [0, 0.05) is 11.6 Å². The van der Waals surface area contributed by atoms with Gasteiger partial charge in [-0.3, -0.25) is 10.2 Å². The van der Waals surface area contributed by atoms with Crippen LogP contribution in [-0.4, -0.2) is 17.0 Å². The van der Waals surface area contributed by atoms with E-state index < -0.39 is 11.9 Å². The number of nitrogen functional groups attached to an aromatic ring is 1. The summed E-state index contributed by atoms with van der Waals surface area (Å²) in [6.45, 7) is 0. The number of carboxylic acid groups (broad SMARTS) is 1. The summed E-state index contributed by atoms with van der Waals surface area (Å²) in [6.07, 6.45) is 2.40. The van der Waals surface area contributed by atoms with E-state index in [2.05, 4.69) is 0 Å². The Hall–Kier alpha value is -2.14. The lowest BCUT2D eigenvalue weighted by Crippen LogP contribution is -2.29. The number of rotatable bonds is 3. The Bertz CT molecular complexity index is 413. The highest BCUT2D eigenvalue weighted by Gasteiger charge is 2.02. The topological polar surface area (TPSA) is 92.4 Å². The van der Waals surface area contributed by atoms with E-state index in [1.54, 1.807) is 24.3 Å². The van der Waals surface area contributed by atoms with Crippen LogP contribution in [0.5, 0.6) is 0 Å². The molecule has 0 aliphatic heterocycles. The van der Waals surface area contributed by atoms with Crippen LogP contribution < -0.4 is 11.3 Å². The lowest BCUT2D eigenvalue weighted by molar-refractivity contribution is -0.131. The van der Waals surface area contributed by atoms with Crippen LogP contribution in [0, 0.1) is 0 Å². The van der Waals surface area contributed by atoms with Crippen molar-refractivity contribution in [3.8, 4) is 0 Å². The van der Waals surface area contributed by atoms with Crippen LogP contribution in [0.1, 0.15) is 15.9 Å². The van der Waals surface area contributed by atoms with Crippen molar-refractivity contribution < 1.29 is 14.7 Å². The predicted molar refractivity (Wildman–Crippen MR) is 54.8 cm³/mol. The first-order valence-corrected chi connectivity index (χ1v) is 4.15. The smallest absolute Gasteiger partial charge is 0.328 e. The second-order valence-electron chi connectivity index (χ2n) is 2.77. The van der Waals surface area contributed by atoms with E-state index in [0.29, 0.717) is 11.1 Å². The standard InChI is InChI=1S/C10H10N2O3/c11-12-10(15)8-3-1-2-7(6-8)4-5-9(13)14/h1-6H,11H2,(H,12,15)(H,13,14). The number of aliphatic carboxylic acids is 1. The van der Waals surface area contributed by atoms with Crippen molar-refractivity contribution in [2.75, 3.05) is 0 Å². The van der Waals surface area contributed by atoms with E-state index >= 15 is 0 Å². The number of hydrogen-bond donors (Lipinski definition) is 3. The maximum absolute atomic E-state index is 11.1. The third-order valence-corrected chi connectivity index (χ3v) is 1.70. The molecule has 0 aromatic heterocycles. The van der Waals surface area contributed by atoms with Crippen molar-refractivity contribution >= 4 is 18.0 Å². The molecule has 0 aliphatic carbocycles. The third kappa shape index (κ3) is 3.24. The molecule has 0 bridgehead atoms. The number of carbonyl (C=O) groups excluding carboxylic acids is 1. The lowest BCUT2D eigenvalue weighted by atomic mass is 10.1. The van der Waals surface area contributed by atoms with Crippen LogP contribution >= 0.6 is 0 Å². The number of amides is 1. The zero-order valence-corrected chi connectivity index (χ0v) is 7.81. The summed E-state index contributed by atoms with van der Waals surface area (Å²) in [6, 6.07) is 6.46. The third-order valence-electron chi connectivity index (χ3n) is 1.70. The minimum absolute atomic E-state index is 0.380. The molecule has 4 N–H and O–H groups in total. The SMILES string of the molecule is NNC(=O)c1cccc(C=CC(=O)O)c1. The van der Waals surface area contributed by atoms with Gasteiger partial charge in [-0.25, -0.2) is 10.6 Å². The number of hydrogen-bond acceptors (Lipinski definition) is 3. The summed E-state index contributed by atoms with van der Waals surface area (Å²) in [5, 5.41) is 8.41. The average molecular weight is 206 g/mol. The number of hydrazine groups is 1. The predicted octanol–water partition coefficient (Wildman–Crippen LogP) is 0.388. The molecule has 78 valence electrons. The number of carbonyl (C=O) groups is 2. The molecule has 0 atom stereocenters. The Kier molecular flexibility index (Phi) is 3.59. The zero-order valence-electron chi connectivity index (χ0n) is 7.81. The average Bonchev–Trinajstić information content (AvgIpc) is 2.25. The molecule has 0 aliphatic rings. The van der Waals surface area contributed by atoms with Crippen LogP contribution in [0.25, 0.3) is 6.08 Å². The fraction of sp³-hybridized carbons (Fsp3) is 0. The molecule has 5 heteroatoms. The second-order valence-corrected chi connectivity index (χ2v) is 2.77. The molecule has 0 unspecified atom stereocenters. The Morgan fingerprint density at radius 1 is 1.40 bits per heavy atom. The number of benzene rings is 1. The normalized spacial score (nSPS) is 10.2. The van der Waals surface area contributed by atoms with Crippen molar-refractivity contribution in [3.05, 3.63) is 41.5 Å². The van der Waals surface area contributed by atoms with Crippen LogP contribution in [-0.2, 0) is 4.79 Å². The fourth-order valence-electron chi connectivity index (χ4n) is 1.03. The van der Waals surface area contributed by atoms with Crippen LogP contribution in [0.3, 0.4) is 0 Å². The molecular weight excluding hydrogens is 196 g/mol. The molecule has 0 radical (unpaired) electrons. The molecule has 0 saturated carbocycles. The summed E-state index contributed by atoms with van der Waals surface area (Å²) in [5.74, 6) is 3.51. The molecule has 0 fully saturated rings. The van der Waals surface area contributed by atoms with E-state index in [9.17, 15) is 9.59 Å². The largest absolute Gasteiger partial charge is 0.478 e. The van der Waals surface area contributed by atoms with Crippen molar-refractivity contribution in [3.63, 3.8) is 0 Å². The van der Waals surface area contributed by atoms with Crippen molar-refractivity contribution in [1.82, 2.24) is 5.43 Å². The zero-order chi connectivity index (χ0) is 11.3. The monoisotopic (exact) mass is 206 g/mol. The lowest BCUT2D eigenvalue weighted by Gasteiger charge is -2.00. The van der Waals surface area contributed by atoms with Gasteiger partial charge in [-0.05, 0) is 23.8 Å². The van der Waals surface area contributed by atoms with Gasteiger partial charge in [0.25, 0.3) is 5.91 Å². The Balaban J connectivity index is 2.92. The van der Waals surface area contributed by atoms with Gasteiger partial charge in [0.15, 0.2) is 0 Å². The summed E-state index contributed by atoms with van der Waals surface area (Å²) in [7, 11) is 0. The minimum Gasteiger partial charge on any atom is -0.478 e. The molecule has 5 nitrogen and oxygen atoms in total. The maximum atomic E-state index is 11.1. The molecule has 1 aromatic rings. The Labute approximate surface area is 86.2 Å². The highest BCUT2D eigenvalue weighted by Crippen LogP contribution is 2.06. The molecule has 15 heavy (non-hydrogen) atoms. The first-order valence-electron chi connectivity index (χ1n) is 4.15. The molecule has 0 heterocycles. The number of carboxylic acids is 1. The van der Waals surface area contributed by atoms with Gasteiger partial charge in [0.1, 0.15) is 0 Å².